The number of ketones is 1. The summed E-state index contributed by atoms with van der Waals surface area (Å²) in [5.41, 5.74) is 0. The molecule has 2 rings (SSSR count). The summed E-state index contributed by atoms with van der Waals surface area (Å²) in [6, 6.07) is 0.626. The molecule has 0 aromatic heterocycles. The molecule has 0 aromatic carbocycles. The second-order valence-corrected chi connectivity index (χ2v) is 3.32. The van der Waals surface area contributed by atoms with Gasteiger partial charge in [0.2, 0.25) is 0 Å². The highest BCUT2D eigenvalue weighted by Crippen LogP contribution is 2.24. The molecule has 2 aliphatic rings. The highest BCUT2D eigenvalue weighted by Gasteiger charge is 2.30. The highest BCUT2D eigenvalue weighted by molar-refractivity contribution is 5.80. The third-order valence-corrected chi connectivity index (χ3v) is 2.64. The number of fused-ring (bicyclic) bond motifs is 1. The first-order chi connectivity index (χ1) is 4.86. The summed E-state index contributed by atoms with van der Waals surface area (Å²) in [4.78, 5) is 13.4. The van der Waals surface area contributed by atoms with Gasteiger partial charge in [-0.25, -0.2) is 0 Å². The summed E-state index contributed by atoms with van der Waals surface area (Å²) in [6.07, 6.45) is 4.19. The van der Waals surface area contributed by atoms with Crippen LogP contribution in [-0.4, -0.2) is 29.8 Å². The zero-order valence-corrected chi connectivity index (χ0v) is 6.18. The summed E-state index contributed by atoms with van der Waals surface area (Å²) in [5.74, 6) is 0.475. The van der Waals surface area contributed by atoms with Crippen molar-refractivity contribution >= 4 is 5.78 Å². The summed E-state index contributed by atoms with van der Waals surface area (Å²) in [5, 5.41) is 0. The van der Waals surface area contributed by atoms with Crippen LogP contribution in [0.2, 0.25) is 0 Å². The zero-order chi connectivity index (χ0) is 6.97. The minimum atomic E-state index is 0.475. The molecule has 0 aliphatic carbocycles. The largest absolute Gasteiger partial charge is 0.300 e. The Morgan fingerprint density at radius 2 is 2.30 bits per heavy atom. The van der Waals surface area contributed by atoms with Crippen molar-refractivity contribution in [1.82, 2.24) is 4.90 Å². The number of Topliss-reactive ketones (excluding diaryl/α,β-unsaturated/α-hetero) is 1. The fourth-order valence-corrected chi connectivity index (χ4v) is 2.05. The minimum Gasteiger partial charge on any atom is -0.300 e. The number of hydrogen-bond donors (Lipinski definition) is 0. The van der Waals surface area contributed by atoms with Gasteiger partial charge in [-0.05, 0) is 19.4 Å². The van der Waals surface area contributed by atoms with E-state index < -0.39 is 0 Å². The van der Waals surface area contributed by atoms with Crippen LogP contribution in [0.3, 0.4) is 0 Å². The standard InChI is InChI=1S/C8H13NO/c10-8-3-5-9-4-1-2-7(9)6-8/h7H,1-6H2. The van der Waals surface area contributed by atoms with Gasteiger partial charge in [-0.1, -0.05) is 0 Å². The number of carbonyl (C=O) groups is 1. The topological polar surface area (TPSA) is 20.3 Å². The van der Waals surface area contributed by atoms with Crippen LogP contribution in [0.15, 0.2) is 0 Å². The minimum absolute atomic E-state index is 0.475. The average Bonchev–Trinajstić information content (AvgIpc) is 2.33. The van der Waals surface area contributed by atoms with Crippen LogP contribution in [0, 0.1) is 0 Å². The van der Waals surface area contributed by atoms with Crippen molar-refractivity contribution in [2.75, 3.05) is 13.1 Å². The second kappa shape index (κ2) is 2.35. The van der Waals surface area contributed by atoms with E-state index in [0.29, 0.717) is 11.8 Å². The third kappa shape index (κ3) is 0.966. The molecule has 2 heteroatoms. The molecular weight excluding hydrogens is 126 g/mol. The van der Waals surface area contributed by atoms with Gasteiger partial charge in [-0.15, -0.1) is 0 Å². The highest BCUT2D eigenvalue weighted by atomic mass is 16.1. The van der Waals surface area contributed by atoms with Crippen LogP contribution in [0.5, 0.6) is 0 Å². The van der Waals surface area contributed by atoms with Crippen molar-refractivity contribution in [2.24, 2.45) is 0 Å². The first-order valence-electron chi connectivity index (χ1n) is 4.12. The Hall–Kier alpha value is -0.370. The molecule has 2 fully saturated rings. The normalized spacial score (nSPS) is 34.4. The Bertz CT molecular complexity index is 155. The fraction of sp³-hybridized carbons (Fsp3) is 0.875. The molecule has 0 bridgehead atoms. The molecule has 2 aliphatic heterocycles. The molecule has 2 heterocycles. The van der Waals surface area contributed by atoms with E-state index in [0.717, 1.165) is 19.4 Å². The molecule has 0 spiro atoms. The summed E-state index contributed by atoms with van der Waals surface area (Å²) < 4.78 is 0. The molecule has 10 heavy (non-hydrogen) atoms. The lowest BCUT2D eigenvalue weighted by atomic mass is 10.0. The molecular formula is C8H13NO. The number of nitrogens with zero attached hydrogens (tertiary/aromatic N) is 1. The zero-order valence-electron chi connectivity index (χ0n) is 6.18. The van der Waals surface area contributed by atoms with E-state index >= 15 is 0 Å². The Labute approximate surface area is 61.2 Å². The molecule has 0 radical (unpaired) electrons. The lowest BCUT2D eigenvalue weighted by molar-refractivity contribution is -0.122. The lowest BCUT2D eigenvalue weighted by Gasteiger charge is -2.27. The van der Waals surface area contributed by atoms with Crippen molar-refractivity contribution < 1.29 is 4.79 Å². The SMILES string of the molecule is O=C1CCN2CCCC2C1. The lowest BCUT2D eigenvalue weighted by Crippen LogP contribution is -2.37. The van der Waals surface area contributed by atoms with Crippen LogP contribution in [-0.2, 0) is 4.79 Å². The fourth-order valence-electron chi connectivity index (χ4n) is 2.05. The number of rotatable bonds is 0. The molecule has 0 amide bonds. The summed E-state index contributed by atoms with van der Waals surface area (Å²) in [6.45, 7) is 2.27. The summed E-state index contributed by atoms with van der Waals surface area (Å²) >= 11 is 0. The first-order valence-corrected chi connectivity index (χ1v) is 4.12. The van der Waals surface area contributed by atoms with Gasteiger partial charge in [0.15, 0.2) is 0 Å². The molecule has 1 unspecified atom stereocenters. The number of piperidine rings is 1. The van der Waals surface area contributed by atoms with Crippen LogP contribution in [0.25, 0.3) is 0 Å². The molecule has 2 saturated heterocycles. The predicted molar refractivity (Wildman–Crippen MR) is 38.8 cm³/mol. The van der Waals surface area contributed by atoms with Gasteiger partial charge >= 0.3 is 0 Å². The Kier molecular flexibility index (Phi) is 1.49. The van der Waals surface area contributed by atoms with E-state index in [1.807, 2.05) is 0 Å². The van der Waals surface area contributed by atoms with Gasteiger partial charge in [-0.3, -0.25) is 9.69 Å². The van der Waals surface area contributed by atoms with Crippen LogP contribution in [0.1, 0.15) is 25.7 Å². The van der Waals surface area contributed by atoms with Crippen molar-refractivity contribution in [3.63, 3.8) is 0 Å². The maximum atomic E-state index is 11.0. The van der Waals surface area contributed by atoms with E-state index in [-0.39, 0.29) is 0 Å². The van der Waals surface area contributed by atoms with Crippen molar-refractivity contribution in [3.05, 3.63) is 0 Å². The van der Waals surface area contributed by atoms with Gasteiger partial charge in [0.05, 0.1) is 0 Å². The van der Waals surface area contributed by atoms with Gasteiger partial charge in [0.25, 0.3) is 0 Å². The molecule has 0 aromatic rings. The van der Waals surface area contributed by atoms with Gasteiger partial charge in [-0.2, -0.15) is 0 Å². The van der Waals surface area contributed by atoms with Crippen LogP contribution < -0.4 is 0 Å². The molecule has 0 N–H and O–H groups in total. The maximum Gasteiger partial charge on any atom is 0.135 e. The first kappa shape index (κ1) is 6.35. The number of hydrogen-bond acceptors (Lipinski definition) is 2. The Morgan fingerprint density at radius 3 is 3.20 bits per heavy atom. The van der Waals surface area contributed by atoms with Crippen LogP contribution in [0.4, 0.5) is 0 Å². The second-order valence-electron chi connectivity index (χ2n) is 3.32. The van der Waals surface area contributed by atoms with E-state index in [1.165, 1.54) is 19.4 Å². The van der Waals surface area contributed by atoms with Gasteiger partial charge in [0, 0.05) is 25.4 Å². The average molecular weight is 139 g/mol. The monoisotopic (exact) mass is 139 g/mol. The quantitative estimate of drug-likeness (QED) is 0.495. The molecule has 56 valence electrons. The Balaban J connectivity index is 2.03. The van der Waals surface area contributed by atoms with E-state index in [9.17, 15) is 4.79 Å². The Morgan fingerprint density at radius 1 is 1.40 bits per heavy atom. The van der Waals surface area contributed by atoms with Gasteiger partial charge < -0.3 is 0 Å². The van der Waals surface area contributed by atoms with Gasteiger partial charge in [0.1, 0.15) is 5.78 Å². The van der Waals surface area contributed by atoms with E-state index in [2.05, 4.69) is 4.90 Å². The maximum absolute atomic E-state index is 11.0. The van der Waals surface area contributed by atoms with Crippen molar-refractivity contribution in [1.29, 1.82) is 0 Å². The summed E-state index contributed by atoms with van der Waals surface area (Å²) in [7, 11) is 0. The van der Waals surface area contributed by atoms with Crippen molar-refractivity contribution in [2.45, 2.75) is 31.7 Å². The third-order valence-electron chi connectivity index (χ3n) is 2.64. The number of carbonyl (C=O) groups excluding carboxylic acids is 1. The molecule has 0 saturated carbocycles. The predicted octanol–water partition coefficient (Wildman–Crippen LogP) is 0.814. The molecule has 1 atom stereocenters. The van der Waals surface area contributed by atoms with E-state index in [4.69, 9.17) is 0 Å². The smallest absolute Gasteiger partial charge is 0.135 e. The molecule has 2 nitrogen and oxygen atoms in total. The van der Waals surface area contributed by atoms with E-state index in [1.54, 1.807) is 0 Å². The van der Waals surface area contributed by atoms with Crippen molar-refractivity contribution in [3.8, 4) is 0 Å². The van der Waals surface area contributed by atoms with Crippen LogP contribution >= 0.6 is 0 Å².